The van der Waals surface area contributed by atoms with Gasteiger partial charge in [-0.15, -0.1) is 0 Å². The Balaban J connectivity index is 2.14. The molecule has 2 nitrogen and oxygen atoms in total. The Kier molecular flexibility index (Phi) is 4.09. The fourth-order valence-corrected chi connectivity index (χ4v) is 2.09. The summed E-state index contributed by atoms with van der Waals surface area (Å²) in [6.45, 7) is 1.90. The van der Waals surface area contributed by atoms with Crippen LogP contribution in [0.5, 0.6) is 0 Å². The van der Waals surface area contributed by atoms with Crippen LogP contribution in [0.3, 0.4) is 0 Å². The predicted molar refractivity (Wildman–Crippen MR) is 79.2 cm³/mol. The van der Waals surface area contributed by atoms with Gasteiger partial charge in [0.1, 0.15) is 5.54 Å². The summed E-state index contributed by atoms with van der Waals surface area (Å²) in [7, 11) is 0. The number of anilines is 1. The average Bonchev–Trinajstić information content (AvgIpc) is 2.42. The molecule has 96 valence electrons. The van der Waals surface area contributed by atoms with E-state index in [9.17, 15) is 5.26 Å². The van der Waals surface area contributed by atoms with E-state index in [1.54, 1.807) is 0 Å². The third-order valence-electron chi connectivity index (χ3n) is 2.91. The van der Waals surface area contributed by atoms with Crippen molar-refractivity contribution in [2.75, 3.05) is 5.32 Å². The minimum Gasteiger partial charge on any atom is -0.367 e. The number of rotatable bonds is 4. The number of nitrogens with one attached hydrogen (secondary N) is 1. The van der Waals surface area contributed by atoms with Crippen molar-refractivity contribution in [2.45, 2.75) is 18.9 Å². The van der Waals surface area contributed by atoms with Gasteiger partial charge in [0.05, 0.1) is 6.07 Å². The molecule has 0 bridgehead atoms. The molecule has 3 heteroatoms. The van der Waals surface area contributed by atoms with Crippen molar-refractivity contribution in [2.24, 2.45) is 0 Å². The highest BCUT2D eigenvalue weighted by Gasteiger charge is 2.23. The zero-order valence-corrected chi connectivity index (χ0v) is 11.5. The molecule has 0 fully saturated rings. The van der Waals surface area contributed by atoms with E-state index < -0.39 is 5.54 Å². The van der Waals surface area contributed by atoms with Gasteiger partial charge < -0.3 is 5.32 Å². The number of nitrogens with zero attached hydrogens (tertiary/aromatic N) is 1. The van der Waals surface area contributed by atoms with E-state index in [4.69, 9.17) is 11.6 Å². The van der Waals surface area contributed by atoms with Crippen LogP contribution in [0.1, 0.15) is 12.5 Å². The first-order chi connectivity index (χ1) is 9.11. The first-order valence-electron chi connectivity index (χ1n) is 6.10. The largest absolute Gasteiger partial charge is 0.367 e. The van der Waals surface area contributed by atoms with Gasteiger partial charge in [0.25, 0.3) is 0 Å². The van der Waals surface area contributed by atoms with Crippen molar-refractivity contribution < 1.29 is 0 Å². The second-order valence-corrected chi connectivity index (χ2v) is 5.17. The second-order valence-electron chi connectivity index (χ2n) is 4.74. The lowest BCUT2D eigenvalue weighted by atomic mass is 9.94. The van der Waals surface area contributed by atoms with Gasteiger partial charge in [-0.05, 0) is 36.8 Å². The van der Waals surface area contributed by atoms with Gasteiger partial charge >= 0.3 is 0 Å². The van der Waals surface area contributed by atoms with Gasteiger partial charge in [-0.25, -0.2) is 0 Å². The van der Waals surface area contributed by atoms with E-state index in [1.165, 1.54) is 0 Å². The van der Waals surface area contributed by atoms with E-state index in [1.807, 2.05) is 61.5 Å². The third-order valence-corrected chi connectivity index (χ3v) is 3.16. The number of benzene rings is 2. The maximum absolute atomic E-state index is 9.42. The summed E-state index contributed by atoms with van der Waals surface area (Å²) >= 11 is 5.85. The van der Waals surface area contributed by atoms with Crippen LogP contribution in [0, 0.1) is 11.3 Å². The molecule has 2 rings (SSSR count). The van der Waals surface area contributed by atoms with Gasteiger partial charge in [-0.1, -0.05) is 41.9 Å². The molecule has 0 heterocycles. The molecule has 1 atom stereocenters. The van der Waals surface area contributed by atoms with Crippen LogP contribution in [0.15, 0.2) is 54.6 Å². The Morgan fingerprint density at radius 3 is 2.32 bits per heavy atom. The maximum atomic E-state index is 9.42. The molecule has 1 unspecified atom stereocenters. The lowest BCUT2D eigenvalue weighted by molar-refractivity contribution is 0.646. The summed E-state index contributed by atoms with van der Waals surface area (Å²) in [4.78, 5) is 0. The fraction of sp³-hybridized carbons (Fsp3) is 0.188. The van der Waals surface area contributed by atoms with Crippen LogP contribution in [0.2, 0.25) is 5.02 Å². The van der Waals surface area contributed by atoms with Crippen molar-refractivity contribution in [3.63, 3.8) is 0 Å². The molecule has 0 aliphatic rings. The summed E-state index contributed by atoms with van der Waals surface area (Å²) in [5.74, 6) is 0. The highest BCUT2D eigenvalue weighted by Crippen LogP contribution is 2.21. The van der Waals surface area contributed by atoms with Crippen molar-refractivity contribution in [3.05, 3.63) is 65.2 Å². The number of halogens is 1. The lowest BCUT2D eigenvalue weighted by Gasteiger charge is -2.24. The van der Waals surface area contributed by atoms with Crippen molar-refractivity contribution in [1.29, 1.82) is 5.26 Å². The Labute approximate surface area is 118 Å². The normalized spacial score (nSPS) is 13.3. The first-order valence-corrected chi connectivity index (χ1v) is 6.48. The van der Waals surface area contributed by atoms with Gasteiger partial charge in [-0.3, -0.25) is 0 Å². The molecule has 0 aromatic heterocycles. The summed E-state index contributed by atoms with van der Waals surface area (Å²) in [6, 6.07) is 19.7. The van der Waals surface area contributed by atoms with Gasteiger partial charge in [-0.2, -0.15) is 5.26 Å². The summed E-state index contributed by atoms with van der Waals surface area (Å²) in [5.41, 5.74) is 1.38. The number of nitriles is 1. The Bertz CT molecular complexity index is 572. The Morgan fingerprint density at radius 2 is 1.74 bits per heavy atom. The summed E-state index contributed by atoms with van der Waals surface area (Å²) in [5, 5.41) is 13.4. The molecule has 1 N–H and O–H groups in total. The molecule has 0 aliphatic heterocycles. The topological polar surface area (TPSA) is 35.8 Å². The van der Waals surface area contributed by atoms with E-state index in [2.05, 4.69) is 11.4 Å². The van der Waals surface area contributed by atoms with E-state index in [0.29, 0.717) is 11.4 Å². The molecule has 0 aliphatic carbocycles. The quantitative estimate of drug-likeness (QED) is 0.900. The first kappa shape index (κ1) is 13.5. The van der Waals surface area contributed by atoms with Crippen molar-refractivity contribution >= 4 is 17.3 Å². The molecule has 0 radical (unpaired) electrons. The van der Waals surface area contributed by atoms with Crippen LogP contribution in [0.4, 0.5) is 5.69 Å². The van der Waals surface area contributed by atoms with Crippen molar-refractivity contribution in [3.8, 4) is 6.07 Å². The monoisotopic (exact) mass is 270 g/mol. The average molecular weight is 271 g/mol. The molecule has 0 spiro atoms. The smallest absolute Gasteiger partial charge is 0.126 e. The molecule has 2 aromatic rings. The standard InChI is InChI=1S/C16H15ClN2/c1-16(12-18,11-13-5-3-2-4-6-13)19-15-9-7-14(17)8-10-15/h2-10,19H,11H2,1H3. The van der Waals surface area contributed by atoms with Gasteiger partial charge in [0.15, 0.2) is 0 Å². The molecular weight excluding hydrogens is 256 g/mol. The van der Waals surface area contributed by atoms with Crippen LogP contribution in [-0.2, 0) is 6.42 Å². The van der Waals surface area contributed by atoms with E-state index >= 15 is 0 Å². The SMILES string of the molecule is CC(C#N)(Cc1ccccc1)Nc1ccc(Cl)cc1. The van der Waals surface area contributed by atoms with Crippen LogP contribution < -0.4 is 5.32 Å². The Hall–Kier alpha value is -1.98. The minimum atomic E-state index is -0.644. The molecule has 2 aromatic carbocycles. The van der Waals surface area contributed by atoms with Gasteiger partial charge in [0.2, 0.25) is 0 Å². The molecular formula is C16H15ClN2. The van der Waals surface area contributed by atoms with Gasteiger partial charge in [0, 0.05) is 17.1 Å². The molecule has 19 heavy (non-hydrogen) atoms. The highest BCUT2D eigenvalue weighted by molar-refractivity contribution is 6.30. The summed E-state index contributed by atoms with van der Waals surface area (Å²) in [6.07, 6.45) is 0.646. The molecule has 0 saturated carbocycles. The highest BCUT2D eigenvalue weighted by atomic mass is 35.5. The summed E-state index contributed by atoms with van der Waals surface area (Å²) < 4.78 is 0. The third kappa shape index (κ3) is 3.74. The zero-order chi connectivity index (χ0) is 13.7. The molecule has 0 saturated heterocycles. The van der Waals surface area contributed by atoms with Crippen LogP contribution in [-0.4, -0.2) is 5.54 Å². The zero-order valence-electron chi connectivity index (χ0n) is 10.7. The molecule has 0 amide bonds. The number of hydrogen-bond donors (Lipinski definition) is 1. The van der Waals surface area contributed by atoms with E-state index in [0.717, 1.165) is 11.3 Å². The maximum Gasteiger partial charge on any atom is 0.126 e. The van der Waals surface area contributed by atoms with E-state index in [-0.39, 0.29) is 0 Å². The minimum absolute atomic E-state index is 0.644. The number of hydrogen-bond acceptors (Lipinski definition) is 2. The fourth-order valence-electron chi connectivity index (χ4n) is 1.97. The Morgan fingerprint density at radius 1 is 1.11 bits per heavy atom. The lowest BCUT2D eigenvalue weighted by Crippen LogP contribution is -2.35. The van der Waals surface area contributed by atoms with Crippen LogP contribution >= 0.6 is 11.6 Å². The van der Waals surface area contributed by atoms with Crippen molar-refractivity contribution in [1.82, 2.24) is 0 Å². The second kappa shape index (κ2) is 5.77. The van der Waals surface area contributed by atoms with Crippen LogP contribution in [0.25, 0.3) is 0 Å². The predicted octanol–water partition coefficient (Wildman–Crippen LogP) is 4.28.